The van der Waals surface area contributed by atoms with E-state index in [2.05, 4.69) is 27.3 Å². The smallest absolute Gasteiger partial charge is 0.410 e. The highest BCUT2D eigenvalue weighted by atomic mass is 79.9. The molecule has 130 valence electrons. The monoisotopic (exact) mass is 384 g/mol. The van der Waals surface area contributed by atoms with Crippen LogP contribution in [0.2, 0.25) is 0 Å². The molecule has 0 aliphatic carbocycles. The molecule has 1 aromatic rings. The van der Waals surface area contributed by atoms with Crippen molar-refractivity contribution in [2.45, 2.75) is 59.2 Å². The van der Waals surface area contributed by atoms with Gasteiger partial charge >= 0.3 is 6.09 Å². The van der Waals surface area contributed by atoms with Gasteiger partial charge < -0.3 is 15.0 Å². The molecule has 1 rings (SSSR count). The van der Waals surface area contributed by atoms with Gasteiger partial charge in [0.2, 0.25) is 0 Å². The minimum atomic E-state index is -0.483. The van der Waals surface area contributed by atoms with Crippen LogP contribution in [-0.4, -0.2) is 35.2 Å². The number of nitrogens with zero attached hydrogens (tertiary/aromatic N) is 1. The fourth-order valence-electron chi connectivity index (χ4n) is 2.07. The first-order valence-corrected chi connectivity index (χ1v) is 8.75. The van der Waals surface area contributed by atoms with Gasteiger partial charge in [0, 0.05) is 29.6 Å². The molecule has 1 N–H and O–H groups in total. The number of benzene rings is 1. The summed E-state index contributed by atoms with van der Waals surface area (Å²) in [7, 11) is 0. The lowest BCUT2D eigenvalue weighted by Gasteiger charge is -2.37. The molecular formula is C18H29BrN2O2. The summed E-state index contributed by atoms with van der Waals surface area (Å²) in [5.41, 5.74) is 0.437. The van der Waals surface area contributed by atoms with Crippen molar-refractivity contribution in [3.05, 3.63) is 34.3 Å². The normalized spacial score (nSPS) is 12.1. The van der Waals surface area contributed by atoms with E-state index in [0.717, 1.165) is 11.0 Å². The summed E-state index contributed by atoms with van der Waals surface area (Å²) in [5.74, 6) is 0. The molecule has 5 heteroatoms. The SMILES string of the molecule is CC(C)(C)OC(=O)N(CCNCc1ccccc1Br)C(C)(C)C. The molecule has 0 heterocycles. The second-order valence-corrected chi connectivity index (χ2v) is 8.43. The van der Waals surface area contributed by atoms with Gasteiger partial charge in [0.1, 0.15) is 5.60 Å². The first-order valence-electron chi connectivity index (χ1n) is 7.95. The first-order chi connectivity index (χ1) is 10.5. The van der Waals surface area contributed by atoms with Gasteiger partial charge in [-0.05, 0) is 53.2 Å². The summed E-state index contributed by atoms with van der Waals surface area (Å²) in [4.78, 5) is 14.2. The summed E-state index contributed by atoms with van der Waals surface area (Å²) in [5, 5.41) is 3.38. The van der Waals surface area contributed by atoms with Crippen molar-refractivity contribution < 1.29 is 9.53 Å². The van der Waals surface area contributed by atoms with Crippen molar-refractivity contribution in [3.63, 3.8) is 0 Å². The maximum absolute atomic E-state index is 12.4. The molecule has 4 nitrogen and oxygen atoms in total. The van der Waals surface area contributed by atoms with E-state index in [9.17, 15) is 4.79 Å². The van der Waals surface area contributed by atoms with Crippen LogP contribution in [0, 0.1) is 0 Å². The van der Waals surface area contributed by atoms with Crippen LogP contribution in [0.4, 0.5) is 4.79 Å². The Hall–Kier alpha value is -1.07. The van der Waals surface area contributed by atoms with Gasteiger partial charge in [0.25, 0.3) is 0 Å². The molecule has 0 radical (unpaired) electrons. The Morgan fingerprint density at radius 2 is 1.78 bits per heavy atom. The van der Waals surface area contributed by atoms with E-state index in [1.807, 2.05) is 59.7 Å². The molecule has 0 aliphatic heterocycles. The van der Waals surface area contributed by atoms with Gasteiger partial charge in [-0.2, -0.15) is 0 Å². The molecule has 1 amide bonds. The van der Waals surface area contributed by atoms with Gasteiger partial charge in [-0.1, -0.05) is 34.1 Å². The standard InChI is InChI=1S/C18H29BrN2O2/c1-17(2,3)21(16(22)23-18(4,5)6)12-11-20-13-14-9-7-8-10-15(14)19/h7-10,20H,11-13H2,1-6H3. The van der Waals surface area contributed by atoms with Crippen LogP contribution in [0.15, 0.2) is 28.7 Å². The topological polar surface area (TPSA) is 41.6 Å². The van der Waals surface area contributed by atoms with E-state index in [4.69, 9.17) is 4.74 Å². The van der Waals surface area contributed by atoms with Crippen LogP contribution < -0.4 is 5.32 Å². The Morgan fingerprint density at radius 3 is 2.30 bits per heavy atom. The van der Waals surface area contributed by atoms with E-state index in [1.165, 1.54) is 5.56 Å². The van der Waals surface area contributed by atoms with Gasteiger partial charge in [-0.25, -0.2) is 4.79 Å². The summed E-state index contributed by atoms with van der Waals surface area (Å²) in [6.45, 7) is 13.8. The summed E-state index contributed by atoms with van der Waals surface area (Å²) in [6.07, 6.45) is -0.271. The van der Waals surface area contributed by atoms with Crippen LogP contribution in [-0.2, 0) is 11.3 Å². The molecule has 0 bridgehead atoms. The minimum Gasteiger partial charge on any atom is -0.444 e. The van der Waals surface area contributed by atoms with Gasteiger partial charge in [0.15, 0.2) is 0 Å². The van der Waals surface area contributed by atoms with Gasteiger partial charge in [0.05, 0.1) is 0 Å². The van der Waals surface area contributed by atoms with Crippen LogP contribution >= 0.6 is 15.9 Å². The van der Waals surface area contributed by atoms with Crippen LogP contribution in [0.1, 0.15) is 47.1 Å². The van der Waals surface area contributed by atoms with Crippen molar-refractivity contribution in [2.75, 3.05) is 13.1 Å². The fourth-order valence-corrected chi connectivity index (χ4v) is 2.50. The number of halogens is 1. The first kappa shape index (κ1) is 20.0. The third-order valence-corrected chi connectivity index (χ3v) is 3.98. The maximum atomic E-state index is 12.4. The number of carbonyl (C=O) groups excluding carboxylic acids is 1. The number of rotatable bonds is 5. The number of amides is 1. The highest BCUT2D eigenvalue weighted by Crippen LogP contribution is 2.18. The fraction of sp³-hybridized carbons (Fsp3) is 0.611. The van der Waals surface area contributed by atoms with Crippen molar-refractivity contribution in [3.8, 4) is 0 Å². The second kappa shape index (κ2) is 8.15. The lowest BCUT2D eigenvalue weighted by Crippen LogP contribution is -2.50. The Kier molecular flexibility index (Phi) is 7.08. The number of hydrogen-bond donors (Lipinski definition) is 1. The van der Waals surface area contributed by atoms with Crippen LogP contribution in [0.3, 0.4) is 0 Å². The Bertz CT molecular complexity index is 518. The Morgan fingerprint density at radius 1 is 1.17 bits per heavy atom. The number of nitrogens with one attached hydrogen (secondary N) is 1. The third-order valence-electron chi connectivity index (χ3n) is 3.21. The summed E-state index contributed by atoms with van der Waals surface area (Å²) < 4.78 is 6.60. The summed E-state index contributed by atoms with van der Waals surface area (Å²) in [6, 6.07) is 8.12. The summed E-state index contributed by atoms with van der Waals surface area (Å²) >= 11 is 3.54. The van der Waals surface area contributed by atoms with E-state index in [0.29, 0.717) is 13.1 Å². The van der Waals surface area contributed by atoms with Crippen LogP contribution in [0.5, 0.6) is 0 Å². The van der Waals surface area contributed by atoms with Gasteiger partial charge in [-0.3, -0.25) is 0 Å². The molecule has 0 aromatic heterocycles. The minimum absolute atomic E-state index is 0.271. The lowest BCUT2D eigenvalue weighted by molar-refractivity contribution is 0.00663. The zero-order valence-electron chi connectivity index (χ0n) is 15.1. The molecule has 0 atom stereocenters. The number of carbonyl (C=O) groups is 1. The predicted molar refractivity (Wildman–Crippen MR) is 98.5 cm³/mol. The highest BCUT2D eigenvalue weighted by molar-refractivity contribution is 9.10. The van der Waals surface area contributed by atoms with E-state index in [1.54, 1.807) is 4.90 Å². The van der Waals surface area contributed by atoms with Crippen molar-refractivity contribution >= 4 is 22.0 Å². The quantitative estimate of drug-likeness (QED) is 0.755. The lowest BCUT2D eigenvalue weighted by atomic mass is 10.1. The van der Waals surface area contributed by atoms with E-state index >= 15 is 0 Å². The van der Waals surface area contributed by atoms with Crippen molar-refractivity contribution in [1.82, 2.24) is 10.2 Å². The zero-order chi connectivity index (χ0) is 17.7. The molecular weight excluding hydrogens is 356 g/mol. The average Bonchev–Trinajstić information content (AvgIpc) is 2.36. The molecule has 0 saturated carbocycles. The third kappa shape index (κ3) is 7.36. The highest BCUT2D eigenvalue weighted by Gasteiger charge is 2.30. The zero-order valence-corrected chi connectivity index (χ0v) is 16.7. The molecule has 0 fully saturated rings. The number of ether oxygens (including phenoxy) is 1. The van der Waals surface area contributed by atoms with E-state index in [-0.39, 0.29) is 11.6 Å². The molecule has 0 saturated heterocycles. The average molecular weight is 385 g/mol. The van der Waals surface area contributed by atoms with Crippen molar-refractivity contribution in [2.24, 2.45) is 0 Å². The van der Waals surface area contributed by atoms with Crippen molar-refractivity contribution in [1.29, 1.82) is 0 Å². The molecule has 23 heavy (non-hydrogen) atoms. The number of hydrogen-bond acceptors (Lipinski definition) is 3. The predicted octanol–water partition coefficient (Wildman–Crippen LogP) is 4.57. The second-order valence-electron chi connectivity index (χ2n) is 7.57. The maximum Gasteiger partial charge on any atom is 0.410 e. The van der Waals surface area contributed by atoms with Crippen LogP contribution in [0.25, 0.3) is 0 Å². The molecule has 0 spiro atoms. The Balaban J connectivity index is 2.56. The molecule has 0 aliphatic rings. The van der Waals surface area contributed by atoms with E-state index < -0.39 is 5.60 Å². The largest absolute Gasteiger partial charge is 0.444 e. The molecule has 0 unspecified atom stereocenters. The Labute approximate surface area is 148 Å². The molecule has 1 aromatic carbocycles. The van der Waals surface area contributed by atoms with Gasteiger partial charge in [-0.15, -0.1) is 0 Å².